The third-order valence-electron chi connectivity index (χ3n) is 31.6. The average molecular weight is 1850 g/mol. The molecule has 3 spiro atoms. The Kier molecular flexibility index (Phi) is 23.8. The Balaban J connectivity index is 0.000000113. The van der Waals surface area contributed by atoms with Crippen LogP contribution in [0.15, 0.2) is 473 Å². The van der Waals surface area contributed by atoms with E-state index in [-0.39, 0.29) is 16.2 Å². The van der Waals surface area contributed by atoms with E-state index < -0.39 is 0 Å². The van der Waals surface area contributed by atoms with Crippen LogP contribution in [0.5, 0.6) is 0 Å². The van der Waals surface area contributed by atoms with Crippen molar-refractivity contribution in [3.63, 3.8) is 0 Å². The third kappa shape index (κ3) is 16.7. The number of hydrogen-bond acceptors (Lipinski definition) is 6. The zero-order chi connectivity index (χ0) is 95.8. The fourth-order valence-corrected chi connectivity index (χ4v) is 24.6. The van der Waals surface area contributed by atoms with E-state index in [9.17, 15) is 0 Å². The first kappa shape index (κ1) is 88.6. The Morgan fingerprint density at radius 3 is 0.625 bits per heavy atom. The van der Waals surface area contributed by atoms with Crippen LogP contribution >= 0.6 is 0 Å². The molecule has 6 heteroatoms. The van der Waals surface area contributed by atoms with E-state index in [4.69, 9.17) is 29.9 Å². The van der Waals surface area contributed by atoms with Gasteiger partial charge in [0.05, 0.1) is 34.2 Å². The molecule has 27 rings (SSSR count). The van der Waals surface area contributed by atoms with E-state index in [0.717, 1.165) is 102 Å². The molecule has 3 fully saturated rings. The lowest BCUT2D eigenvalue weighted by atomic mass is 9.68. The minimum absolute atomic E-state index is 0.162. The Morgan fingerprint density at radius 1 is 0.125 bits per heavy atom. The van der Waals surface area contributed by atoms with Crippen molar-refractivity contribution >= 4 is 0 Å². The van der Waals surface area contributed by atoms with E-state index in [0.29, 0.717) is 0 Å². The molecule has 3 aromatic heterocycles. The van der Waals surface area contributed by atoms with Gasteiger partial charge in [-0.05, 0) is 202 Å². The minimum Gasteiger partial charge on any atom is -0.228 e. The van der Waals surface area contributed by atoms with E-state index in [2.05, 4.69) is 400 Å². The summed E-state index contributed by atoms with van der Waals surface area (Å²) in [7, 11) is 0. The smallest absolute Gasteiger partial charge is 0.160 e. The molecule has 0 amide bonds. The molecule has 144 heavy (non-hydrogen) atoms. The number of fused-ring (bicyclic) bond motifs is 15. The zero-order valence-electron chi connectivity index (χ0n) is 80.8. The number of hydrogen-bond donors (Lipinski definition) is 0. The first-order valence-electron chi connectivity index (χ1n) is 51.6. The van der Waals surface area contributed by atoms with Gasteiger partial charge in [0.2, 0.25) is 0 Å². The molecule has 6 aliphatic rings. The fraction of sp³-hybridized carbons (Fsp3) is 0.130. The first-order valence-corrected chi connectivity index (χ1v) is 51.6. The topological polar surface area (TPSA) is 77.3 Å². The van der Waals surface area contributed by atoms with Crippen LogP contribution in [0.2, 0.25) is 0 Å². The maximum atomic E-state index is 5.06. The van der Waals surface area contributed by atoms with Crippen LogP contribution in [0, 0.1) is 0 Å². The molecule has 6 nitrogen and oxygen atoms in total. The maximum Gasteiger partial charge on any atom is 0.160 e. The van der Waals surface area contributed by atoms with Crippen molar-refractivity contribution in [2.24, 2.45) is 0 Å². The molecule has 21 aromatic rings. The molecule has 3 saturated carbocycles. The standard InChI is InChI=1S/3C46H36N2/c1-4-14-34(15-5-1)42-31-43(48-45(47-42)35-16-6-2-7-17-35)37-19-12-18-36(30-37)32-24-26-33(27-25-32)38-21-13-23-41-44(38)39-20-8-9-22-40(39)46(41)28-10-3-11-29-46;1-4-14-33(15-5-1)42-31-43(48-45(47-42)35-16-6-2-7-17-35)34-26-24-32(25-27-34)36-18-12-19-37(30-36)38-21-13-23-41-44(38)39-20-8-9-22-40(39)46(41)28-10-3-11-29-46;1-4-13-35(14-5-1)42-31-43(48-45(47-42)37-15-6-2-7-16-37)36-27-23-33(24-28-36)32-21-25-34(26-22-32)38-18-12-20-41-44(38)39-17-8-9-19-40(39)46(41)29-10-3-11-30-46/h2*1-2,4-9,12-27,30-31H,3,10-11,28-29H2;1-2,4-9,12-28,31H,3,10-11,29-30H2. The summed E-state index contributed by atoms with van der Waals surface area (Å²) in [6, 6.07) is 170. The fourth-order valence-electron chi connectivity index (χ4n) is 24.6. The predicted molar refractivity (Wildman–Crippen MR) is 596 cm³/mol. The lowest BCUT2D eigenvalue weighted by Crippen LogP contribution is -2.27. The molecule has 18 aromatic carbocycles. The summed E-state index contributed by atoms with van der Waals surface area (Å²) in [4.78, 5) is 30.0. The lowest BCUT2D eigenvalue weighted by molar-refractivity contribution is 0.353. The largest absolute Gasteiger partial charge is 0.228 e. The second-order valence-corrected chi connectivity index (χ2v) is 39.8. The van der Waals surface area contributed by atoms with Gasteiger partial charge in [-0.1, -0.05) is 501 Å². The molecule has 0 saturated heterocycles. The zero-order valence-corrected chi connectivity index (χ0v) is 80.8. The SMILES string of the molecule is c1ccc(-c2cc(-c3ccc(-c4ccc(-c5cccc6c5-c5ccccc5C65CCCCC5)cc4)cc3)nc(-c3ccccc3)n2)cc1.c1ccc(-c2cc(-c3ccc(-c4cccc(-c5cccc6c5-c5ccccc5C65CCCCC5)c4)cc3)nc(-c3ccccc3)n2)cc1.c1ccc(-c2cc(-c3cccc(-c4ccc(-c5cccc6c5-c5ccccc5C65CCCCC5)cc4)c3)nc(-c3ccccc3)n2)cc1. The summed E-state index contributed by atoms with van der Waals surface area (Å²) in [6.45, 7) is 0. The van der Waals surface area contributed by atoms with Gasteiger partial charge in [0, 0.05) is 66.3 Å². The van der Waals surface area contributed by atoms with Crippen molar-refractivity contribution < 1.29 is 0 Å². The van der Waals surface area contributed by atoms with Crippen LogP contribution in [0.25, 0.3) is 202 Å². The van der Waals surface area contributed by atoms with Crippen molar-refractivity contribution in [2.75, 3.05) is 0 Å². The molecule has 6 aliphatic carbocycles. The maximum absolute atomic E-state index is 5.06. The average Bonchev–Trinajstić information content (AvgIpc) is 1.56. The highest BCUT2D eigenvalue weighted by Crippen LogP contribution is 2.62. The molecule has 0 radical (unpaired) electrons. The van der Waals surface area contributed by atoms with Gasteiger partial charge in [-0.25, -0.2) is 29.9 Å². The molecule has 0 N–H and O–H groups in total. The van der Waals surface area contributed by atoms with E-state index in [1.54, 1.807) is 5.56 Å². The van der Waals surface area contributed by atoms with Crippen LogP contribution in [0.3, 0.4) is 0 Å². The predicted octanol–water partition coefficient (Wildman–Crippen LogP) is 36.1. The highest BCUT2D eigenvalue weighted by molar-refractivity contribution is 5.97. The van der Waals surface area contributed by atoms with Crippen molar-refractivity contribution in [1.29, 1.82) is 0 Å². The molecule has 0 unspecified atom stereocenters. The summed E-state index contributed by atoms with van der Waals surface area (Å²) in [6.07, 6.45) is 19.4. The van der Waals surface area contributed by atoms with Crippen LogP contribution < -0.4 is 0 Å². The van der Waals surface area contributed by atoms with Gasteiger partial charge in [-0.2, -0.15) is 0 Å². The summed E-state index contributed by atoms with van der Waals surface area (Å²) in [5, 5.41) is 0. The van der Waals surface area contributed by atoms with Gasteiger partial charge in [-0.15, -0.1) is 0 Å². The molecule has 0 atom stereocenters. The van der Waals surface area contributed by atoms with E-state index in [1.165, 1.54) is 224 Å². The van der Waals surface area contributed by atoms with Gasteiger partial charge in [0.1, 0.15) is 0 Å². The van der Waals surface area contributed by atoms with Crippen LogP contribution in [0.1, 0.15) is 130 Å². The van der Waals surface area contributed by atoms with Gasteiger partial charge in [0.15, 0.2) is 17.5 Å². The Morgan fingerprint density at radius 2 is 0.319 bits per heavy atom. The molecule has 690 valence electrons. The van der Waals surface area contributed by atoms with Crippen molar-refractivity contribution in [3.8, 4) is 202 Å². The Hall–Kier alpha value is -16.8. The second-order valence-electron chi connectivity index (χ2n) is 39.8. The van der Waals surface area contributed by atoms with E-state index >= 15 is 0 Å². The first-order chi connectivity index (χ1) is 71.3. The molecular formula is C138H108N6. The Labute approximate surface area is 844 Å². The van der Waals surface area contributed by atoms with Crippen LogP contribution in [-0.4, -0.2) is 29.9 Å². The van der Waals surface area contributed by atoms with Gasteiger partial charge < -0.3 is 0 Å². The van der Waals surface area contributed by atoms with Gasteiger partial charge in [0.25, 0.3) is 0 Å². The quantitative estimate of drug-likeness (QED) is 0.102. The third-order valence-corrected chi connectivity index (χ3v) is 31.6. The van der Waals surface area contributed by atoms with Crippen LogP contribution in [-0.2, 0) is 16.2 Å². The summed E-state index contributed by atoms with van der Waals surface area (Å²) < 4.78 is 0. The van der Waals surface area contributed by atoms with Crippen molar-refractivity contribution in [2.45, 2.75) is 113 Å². The number of nitrogens with zero attached hydrogens (tertiary/aromatic N) is 6. The second kappa shape index (κ2) is 38.7. The number of rotatable bonds is 15. The summed E-state index contributed by atoms with van der Waals surface area (Å²) in [5.74, 6) is 2.19. The normalized spacial score (nSPS) is 14.4. The van der Waals surface area contributed by atoms with E-state index in [1.807, 2.05) is 72.8 Å². The minimum atomic E-state index is 0.162. The summed E-state index contributed by atoms with van der Waals surface area (Å²) >= 11 is 0. The highest BCUT2D eigenvalue weighted by atomic mass is 14.9. The molecular weight excluding hydrogens is 1740 g/mol. The molecule has 3 heterocycles. The number of benzene rings is 18. The lowest BCUT2D eigenvalue weighted by Gasteiger charge is -2.36. The van der Waals surface area contributed by atoms with Gasteiger partial charge in [-0.3, -0.25) is 0 Å². The molecule has 0 bridgehead atoms. The highest BCUT2D eigenvalue weighted by Gasteiger charge is 2.48. The summed E-state index contributed by atoms with van der Waals surface area (Å²) in [5.41, 5.74) is 48.3. The number of aromatic nitrogens is 6. The van der Waals surface area contributed by atoms with Crippen molar-refractivity contribution in [1.82, 2.24) is 29.9 Å². The van der Waals surface area contributed by atoms with Crippen molar-refractivity contribution in [3.05, 3.63) is 507 Å². The molecule has 0 aliphatic heterocycles. The van der Waals surface area contributed by atoms with Gasteiger partial charge >= 0.3 is 0 Å². The monoisotopic (exact) mass is 1850 g/mol. The van der Waals surface area contributed by atoms with Crippen LogP contribution in [0.4, 0.5) is 0 Å². The Bertz CT molecular complexity index is 8100.